The Labute approximate surface area is 115 Å². The number of benzene rings is 1. The highest BCUT2D eigenvalue weighted by molar-refractivity contribution is 9.10. The van der Waals surface area contributed by atoms with Gasteiger partial charge in [0.2, 0.25) is 5.91 Å². The molecule has 1 N–H and O–H groups in total. The first-order valence-corrected chi connectivity index (χ1v) is 6.59. The zero-order valence-electron chi connectivity index (χ0n) is 10.0. The van der Waals surface area contributed by atoms with Gasteiger partial charge in [-0.25, -0.2) is 0 Å². The third-order valence-electron chi connectivity index (χ3n) is 2.32. The molecule has 0 aliphatic rings. The van der Waals surface area contributed by atoms with Crippen LogP contribution in [0.1, 0.15) is 13.8 Å². The molecule has 0 heterocycles. The van der Waals surface area contributed by atoms with E-state index in [1.54, 1.807) is 25.3 Å². The molecule has 17 heavy (non-hydrogen) atoms. The summed E-state index contributed by atoms with van der Waals surface area (Å²) in [6, 6.07) is 5.39. The first kappa shape index (κ1) is 14.4. The Morgan fingerprint density at radius 2 is 2.12 bits per heavy atom. The maximum atomic E-state index is 11.8. The molecule has 5 heteroatoms. The van der Waals surface area contributed by atoms with Gasteiger partial charge in [-0.3, -0.25) is 4.79 Å². The van der Waals surface area contributed by atoms with Crippen molar-refractivity contribution in [1.29, 1.82) is 0 Å². The van der Waals surface area contributed by atoms with Crippen molar-refractivity contribution in [2.24, 2.45) is 5.92 Å². The molecule has 0 saturated carbocycles. The largest absolute Gasteiger partial charge is 0.496 e. The fourth-order valence-corrected chi connectivity index (χ4v) is 1.87. The molecule has 0 aliphatic carbocycles. The molecule has 0 aromatic heterocycles. The van der Waals surface area contributed by atoms with Crippen molar-refractivity contribution in [2.75, 3.05) is 12.4 Å². The van der Waals surface area contributed by atoms with Gasteiger partial charge in [0.1, 0.15) is 5.75 Å². The van der Waals surface area contributed by atoms with Crippen molar-refractivity contribution in [3.05, 3.63) is 22.7 Å². The number of thiol groups is 1. The van der Waals surface area contributed by atoms with E-state index in [2.05, 4.69) is 33.9 Å². The Hall–Kier alpha value is -0.680. The molecular formula is C12H16BrNO2S. The van der Waals surface area contributed by atoms with E-state index < -0.39 is 0 Å². The van der Waals surface area contributed by atoms with Crippen LogP contribution in [-0.4, -0.2) is 18.3 Å². The molecule has 1 rings (SSSR count). The predicted octanol–water partition coefficient (Wildman–Crippen LogP) is 3.35. The van der Waals surface area contributed by atoms with Gasteiger partial charge in [-0.2, -0.15) is 12.6 Å². The van der Waals surface area contributed by atoms with E-state index in [9.17, 15) is 4.79 Å². The Morgan fingerprint density at radius 3 is 2.59 bits per heavy atom. The summed E-state index contributed by atoms with van der Waals surface area (Å²) in [5, 5.41) is 2.50. The Morgan fingerprint density at radius 1 is 1.47 bits per heavy atom. The molecule has 0 saturated heterocycles. The second kappa shape index (κ2) is 6.31. The molecule has 3 nitrogen and oxygen atoms in total. The van der Waals surface area contributed by atoms with E-state index in [1.807, 2.05) is 13.8 Å². The molecule has 94 valence electrons. The van der Waals surface area contributed by atoms with Crippen LogP contribution in [0.2, 0.25) is 0 Å². The van der Waals surface area contributed by atoms with Crippen LogP contribution in [0.3, 0.4) is 0 Å². The van der Waals surface area contributed by atoms with Gasteiger partial charge < -0.3 is 10.1 Å². The fraction of sp³-hybridized carbons (Fsp3) is 0.417. The number of carbonyl (C=O) groups excluding carboxylic acids is 1. The summed E-state index contributed by atoms with van der Waals surface area (Å²) in [5.41, 5.74) is 0.724. The highest BCUT2D eigenvalue weighted by Gasteiger charge is 2.17. The molecule has 1 unspecified atom stereocenters. The first-order chi connectivity index (χ1) is 7.95. The van der Waals surface area contributed by atoms with Crippen molar-refractivity contribution in [3.63, 3.8) is 0 Å². The smallest absolute Gasteiger partial charge is 0.237 e. The molecule has 0 aliphatic heterocycles. The van der Waals surface area contributed by atoms with Crippen LogP contribution in [0.25, 0.3) is 0 Å². The van der Waals surface area contributed by atoms with Gasteiger partial charge >= 0.3 is 0 Å². The third kappa shape index (κ3) is 3.92. The Bertz CT molecular complexity index is 409. The van der Waals surface area contributed by atoms with E-state index >= 15 is 0 Å². The molecular weight excluding hydrogens is 302 g/mol. The highest BCUT2D eigenvalue weighted by atomic mass is 79.9. The van der Waals surface area contributed by atoms with Crippen molar-refractivity contribution >= 4 is 40.2 Å². The summed E-state index contributed by atoms with van der Waals surface area (Å²) in [4.78, 5) is 11.8. The third-order valence-corrected chi connectivity index (χ3v) is 3.77. The lowest BCUT2D eigenvalue weighted by Crippen LogP contribution is -2.27. The summed E-state index contributed by atoms with van der Waals surface area (Å²) in [6.07, 6.45) is 0. The van der Waals surface area contributed by atoms with E-state index in [-0.39, 0.29) is 17.1 Å². The van der Waals surface area contributed by atoms with Crippen molar-refractivity contribution in [2.45, 2.75) is 19.1 Å². The summed E-state index contributed by atoms with van der Waals surface area (Å²) < 4.78 is 5.92. The number of amides is 1. The van der Waals surface area contributed by atoms with Gasteiger partial charge in [0.15, 0.2) is 0 Å². The molecule has 1 amide bonds. The number of halogens is 1. The standard InChI is InChI=1S/C12H16BrNO2S/c1-7(2)11(17)12(15)14-8-4-5-10(16-3)9(13)6-8/h4-7,11,17H,1-3H3,(H,14,15). The van der Waals surface area contributed by atoms with E-state index in [0.29, 0.717) is 0 Å². The van der Waals surface area contributed by atoms with Crippen LogP contribution in [0.5, 0.6) is 5.75 Å². The molecule has 0 radical (unpaired) electrons. The van der Waals surface area contributed by atoms with Gasteiger partial charge in [-0.1, -0.05) is 13.8 Å². The van der Waals surface area contributed by atoms with Crippen LogP contribution in [0.15, 0.2) is 22.7 Å². The van der Waals surface area contributed by atoms with E-state index in [0.717, 1.165) is 15.9 Å². The zero-order valence-corrected chi connectivity index (χ0v) is 12.5. The van der Waals surface area contributed by atoms with E-state index in [4.69, 9.17) is 4.74 Å². The lowest BCUT2D eigenvalue weighted by Gasteiger charge is -2.15. The number of carbonyl (C=O) groups is 1. The quantitative estimate of drug-likeness (QED) is 0.836. The molecule has 1 aromatic rings. The van der Waals surface area contributed by atoms with Crippen LogP contribution in [0.4, 0.5) is 5.69 Å². The minimum Gasteiger partial charge on any atom is -0.496 e. The predicted molar refractivity (Wildman–Crippen MR) is 76.9 cm³/mol. The van der Waals surface area contributed by atoms with E-state index in [1.165, 1.54) is 0 Å². The monoisotopic (exact) mass is 317 g/mol. The summed E-state index contributed by atoms with van der Waals surface area (Å²) in [7, 11) is 1.60. The summed E-state index contributed by atoms with van der Waals surface area (Å²) in [6.45, 7) is 3.92. The van der Waals surface area contributed by atoms with Crippen molar-refractivity contribution in [3.8, 4) is 5.75 Å². The first-order valence-electron chi connectivity index (χ1n) is 5.28. The number of hydrogen-bond acceptors (Lipinski definition) is 3. The highest BCUT2D eigenvalue weighted by Crippen LogP contribution is 2.28. The van der Waals surface area contributed by atoms with Crippen molar-refractivity contribution in [1.82, 2.24) is 0 Å². The van der Waals surface area contributed by atoms with Gasteiger partial charge in [0, 0.05) is 5.69 Å². The number of methoxy groups -OCH3 is 1. The minimum absolute atomic E-state index is 0.0969. The second-order valence-electron chi connectivity index (χ2n) is 4.03. The van der Waals surface area contributed by atoms with Gasteiger partial charge in [-0.05, 0) is 40.0 Å². The SMILES string of the molecule is COc1ccc(NC(=O)C(S)C(C)C)cc1Br. The number of nitrogens with one attached hydrogen (secondary N) is 1. The number of anilines is 1. The maximum absolute atomic E-state index is 11.8. The Balaban J connectivity index is 2.76. The van der Waals surface area contributed by atoms with Crippen LogP contribution < -0.4 is 10.1 Å². The average molecular weight is 318 g/mol. The van der Waals surface area contributed by atoms with Crippen LogP contribution >= 0.6 is 28.6 Å². The second-order valence-corrected chi connectivity index (χ2v) is 5.44. The number of ether oxygens (including phenoxy) is 1. The van der Waals surface area contributed by atoms with Crippen molar-refractivity contribution < 1.29 is 9.53 Å². The van der Waals surface area contributed by atoms with Crippen LogP contribution in [0, 0.1) is 5.92 Å². The number of rotatable bonds is 4. The summed E-state index contributed by atoms with van der Waals surface area (Å²) in [5.74, 6) is 0.828. The minimum atomic E-state index is -0.309. The zero-order chi connectivity index (χ0) is 13.0. The maximum Gasteiger partial charge on any atom is 0.237 e. The lowest BCUT2D eigenvalue weighted by molar-refractivity contribution is -0.116. The molecule has 0 bridgehead atoms. The summed E-state index contributed by atoms with van der Waals surface area (Å²) >= 11 is 7.63. The number of hydrogen-bond donors (Lipinski definition) is 2. The molecule has 1 atom stereocenters. The Kier molecular flexibility index (Phi) is 5.33. The fourth-order valence-electron chi connectivity index (χ4n) is 1.26. The molecule has 0 fully saturated rings. The molecule has 0 spiro atoms. The normalized spacial score (nSPS) is 12.4. The lowest BCUT2D eigenvalue weighted by atomic mass is 10.1. The van der Waals surface area contributed by atoms with Gasteiger partial charge in [0.25, 0.3) is 0 Å². The topological polar surface area (TPSA) is 38.3 Å². The molecule has 1 aromatic carbocycles. The van der Waals surface area contributed by atoms with Crippen LogP contribution in [-0.2, 0) is 4.79 Å². The van der Waals surface area contributed by atoms with Gasteiger partial charge in [0.05, 0.1) is 16.8 Å². The average Bonchev–Trinajstić information content (AvgIpc) is 2.28. The van der Waals surface area contributed by atoms with Gasteiger partial charge in [-0.15, -0.1) is 0 Å².